The third-order valence-electron chi connectivity index (χ3n) is 3.44. The molecule has 1 aliphatic rings. The van der Waals surface area contributed by atoms with Crippen molar-refractivity contribution in [2.24, 2.45) is 5.41 Å². The molecule has 0 aliphatic carbocycles. The van der Waals surface area contributed by atoms with Gasteiger partial charge in [0.2, 0.25) is 0 Å². The maximum absolute atomic E-state index is 5.25. The van der Waals surface area contributed by atoms with Gasteiger partial charge in [-0.05, 0) is 5.56 Å². The molecule has 2 aromatic rings. The van der Waals surface area contributed by atoms with E-state index in [4.69, 9.17) is 4.74 Å². The Kier molecular flexibility index (Phi) is 3.25. The van der Waals surface area contributed by atoms with Gasteiger partial charge in [0.1, 0.15) is 0 Å². The molecule has 100 valence electrons. The van der Waals surface area contributed by atoms with Gasteiger partial charge in [0.05, 0.1) is 31.6 Å². The first-order valence-electron chi connectivity index (χ1n) is 6.62. The van der Waals surface area contributed by atoms with Crippen LogP contribution in [0.5, 0.6) is 0 Å². The van der Waals surface area contributed by atoms with Gasteiger partial charge < -0.3 is 10.1 Å². The second-order valence-corrected chi connectivity index (χ2v) is 5.57. The van der Waals surface area contributed by atoms with Crippen LogP contribution >= 0.6 is 0 Å². The third kappa shape index (κ3) is 2.96. The van der Waals surface area contributed by atoms with Crippen molar-refractivity contribution in [3.63, 3.8) is 0 Å². The van der Waals surface area contributed by atoms with Gasteiger partial charge in [0.25, 0.3) is 0 Å². The van der Waals surface area contributed by atoms with Gasteiger partial charge in [-0.1, -0.05) is 37.3 Å². The van der Waals surface area contributed by atoms with Crippen molar-refractivity contribution in [1.29, 1.82) is 0 Å². The molecule has 1 aliphatic heterocycles. The Labute approximate surface area is 113 Å². The normalized spacial score (nSPS) is 16.9. The summed E-state index contributed by atoms with van der Waals surface area (Å²) in [4.78, 5) is 0. The Balaban J connectivity index is 1.57. The van der Waals surface area contributed by atoms with Crippen molar-refractivity contribution in [3.05, 3.63) is 48.3 Å². The molecule has 0 saturated carbocycles. The van der Waals surface area contributed by atoms with Gasteiger partial charge in [0, 0.05) is 18.2 Å². The molecule has 4 nitrogen and oxygen atoms in total. The maximum atomic E-state index is 5.25. The lowest BCUT2D eigenvalue weighted by atomic mass is 9.89. The maximum Gasteiger partial charge on any atom is 0.0726 e. The average molecular weight is 257 g/mol. The number of ether oxygens (including phenoxy) is 1. The molecule has 0 amide bonds. The largest absolute Gasteiger partial charge is 0.382 e. The Bertz CT molecular complexity index is 531. The standard InChI is InChI=1S/C15H19N3O/c1-15(11-19-12-15)10-16-14-7-17-18(9-14)8-13-5-3-2-4-6-13/h2-7,9,16H,8,10-12H2,1H3. The molecule has 1 fully saturated rings. The highest BCUT2D eigenvalue weighted by molar-refractivity contribution is 5.38. The van der Waals surface area contributed by atoms with Crippen LogP contribution in [0.3, 0.4) is 0 Å². The minimum atomic E-state index is 0.279. The molecule has 1 aromatic carbocycles. The van der Waals surface area contributed by atoms with Gasteiger partial charge in [-0.2, -0.15) is 5.10 Å². The summed E-state index contributed by atoms with van der Waals surface area (Å²) in [7, 11) is 0. The van der Waals surface area contributed by atoms with Crippen LogP contribution in [-0.4, -0.2) is 29.5 Å². The molecular weight excluding hydrogens is 238 g/mol. The van der Waals surface area contributed by atoms with Crippen LogP contribution in [0.4, 0.5) is 5.69 Å². The monoisotopic (exact) mass is 257 g/mol. The zero-order valence-corrected chi connectivity index (χ0v) is 11.2. The predicted octanol–water partition coefficient (Wildman–Crippen LogP) is 2.38. The average Bonchev–Trinajstić information content (AvgIpc) is 2.83. The molecule has 0 atom stereocenters. The van der Waals surface area contributed by atoms with Crippen LogP contribution in [0.15, 0.2) is 42.7 Å². The molecular formula is C15H19N3O. The Hall–Kier alpha value is -1.81. The smallest absolute Gasteiger partial charge is 0.0726 e. The quantitative estimate of drug-likeness (QED) is 0.894. The molecule has 1 saturated heterocycles. The molecule has 1 aromatic heterocycles. The number of nitrogens with zero attached hydrogens (tertiary/aromatic N) is 2. The van der Waals surface area contributed by atoms with Gasteiger partial charge in [0.15, 0.2) is 0 Å². The molecule has 0 bridgehead atoms. The minimum absolute atomic E-state index is 0.279. The second kappa shape index (κ2) is 5.05. The predicted molar refractivity (Wildman–Crippen MR) is 75.2 cm³/mol. The highest BCUT2D eigenvalue weighted by atomic mass is 16.5. The first-order valence-corrected chi connectivity index (χ1v) is 6.62. The topological polar surface area (TPSA) is 39.1 Å². The SMILES string of the molecule is CC1(CNc2cnn(Cc3ccccc3)c2)COC1. The van der Waals surface area contributed by atoms with Crippen molar-refractivity contribution >= 4 is 5.69 Å². The van der Waals surface area contributed by atoms with E-state index in [1.54, 1.807) is 0 Å². The van der Waals surface area contributed by atoms with Gasteiger partial charge in [-0.15, -0.1) is 0 Å². The molecule has 0 spiro atoms. The number of anilines is 1. The van der Waals surface area contributed by atoms with Crippen LogP contribution in [-0.2, 0) is 11.3 Å². The van der Waals surface area contributed by atoms with E-state index in [-0.39, 0.29) is 5.41 Å². The summed E-state index contributed by atoms with van der Waals surface area (Å²) in [6.07, 6.45) is 3.93. The summed E-state index contributed by atoms with van der Waals surface area (Å²) >= 11 is 0. The van der Waals surface area contributed by atoms with Crippen LogP contribution in [0.1, 0.15) is 12.5 Å². The second-order valence-electron chi connectivity index (χ2n) is 5.57. The van der Waals surface area contributed by atoms with E-state index in [0.29, 0.717) is 0 Å². The number of nitrogens with one attached hydrogen (secondary N) is 1. The third-order valence-corrected chi connectivity index (χ3v) is 3.44. The van der Waals surface area contributed by atoms with E-state index in [9.17, 15) is 0 Å². The molecule has 2 heterocycles. The zero-order valence-electron chi connectivity index (χ0n) is 11.2. The van der Waals surface area contributed by atoms with E-state index < -0.39 is 0 Å². The zero-order chi connectivity index (χ0) is 13.1. The van der Waals surface area contributed by atoms with E-state index in [2.05, 4.69) is 47.8 Å². The molecule has 4 heteroatoms. The summed E-state index contributed by atoms with van der Waals surface area (Å²) in [6, 6.07) is 10.4. The molecule has 3 rings (SSSR count). The molecule has 0 unspecified atom stereocenters. The number of hydrogen-bond donors (Lipinski definition) is 1. The van der Waals surface area contributed by atoms with Crippen molar-refractivity contribution in [2.75, 3.05) is 25.1 Å². The number of hydrogen-bond acceptors (Lipinski definition) is 3. The molecule has 1 N–H and O–H groups in total. The fraction of sp³-hybridized carbons (Fsp3) is 0.400. The van der Waals surface area contributed by atoms with E-state index in [0.717, 1.165) is 32.0 Å². The van der Waals surface area contributed by atoms with Crippen LogP contribution in [0.2, 0.25) is 0 Å². The van der Waals surface area contributed by atoms with Crippen molar-refractivity contribution in [3.8, 4) is 0 Å². The summed E-state index contributed by atoms with van der Waals surface area (Å²) in [5.41, 5.74) is 2.61. The van der Waals surface area contributed by atoms with Crippen molar-refractivity contribution in [1.82, 2.24) is 9.78 Å². The minimum Gasteiger partial charge on any atom is -0.382 e. The molecule has 0 radical (unpaired) electrons. The molecule has 19 heavy (non-hydrogen) atoms. The number of aromatic nitrogens is 2. The van der Waals surface area contributed by atoms with E-state index >= 15 is 0 Å². The Morgan fingerprint density at radius 3 is 2.79 bits per heavy atom. The fourth-order valence-electron chi connectivity index (χ4n) is 2.18. The van der Waals surface area contributed by atoms with Crippen LogP contribution in [0.25, 0.3) is 0 Å². The number of rotatable bonds is 5. The first-order chi connectivity index (χ1) is 9.23. The lowest BCUT2D eigenvalue weighted by Gasteiger charge is -2.38. The van der Waals surface area contributed by atoms with Crippen LogP contribution < -0.4 is 5.32 Å². The van der Waals surface area contributed by atoms with Gasteiger partial charge in [-0.25, -0.2) is 0 Å². The van der Waals surface area contributed by atoms with Gasteiger partial charge >= 0.3 is 0 Å². The van der Waals surface area contributed by atoms with Crippen molar-refractivity contribution in [2.45, 2.75) is 13.5 Å². The highest BCUT2D eigenvalue weighted by Crippen LogP contribution is 2.26. The Morgan fingerprint density at radius 2 is 2.11 bits per heavy atom. The lowest BCUT2D eigenvalue weighted by molar-refractivity contribution is -0.0924. The highest BCUT2D eigenvalue weighted by Gasteiger charge is 2.32. The summed E-state index contributed by atoms with van der Waals surface area (Å²) in [5.74, 6) is 0. The number of benzene rings is 1. The summed E-state index contributed by atoms with van der Waals surface area (Å²) in [5, 5.41) is 7.81. The van der Waals surface area contributed by atoms with Gasteiger partial charge in [-0.3, -0.25) is 4.68 Å². The first kappa shape index (κ1) is 12.2. The lowest BCUT2D eigenvalue weighted by Crippen LogP contribution is -2.45. The fourth-order valence-corrected chi connectivity index (χ4v) is 2.18. The summed E-state index contributed by atoms with van der Waals surface area (Å²) < 4.78 is 7.21. The Morgan fingerprint density at radius 1 is 1.32 bits per heavy atom. The van der Waals surface area contributed by atoms with E-state index in [1.165, 1.54) is 5.56 Å². The summed E-state index contributed by atoms with van der Waals surface area (Å²) in [6.45, 7) is 5.67. The van der Waals surface area contributed by atoms with Crippen LogP contribution in [0, 0.1) is 5.41 Å². The van der Waals surface area contributed by atoms with Crippen molar-refractivity contribution < 1.29 is 4.74 Å². The van der Waals surface area contributed by atoms with E-state index in [1.807, 2.05) is 16.9 Å².